The maximum Gasteiger partial charge on any atom is 0.416 e. The molecule has 0 unspecified atom stereocenters. The smallest absolute Gasteiger partial charge is 0.288 e. The van der Waals surface area contributed by atoms with E-state index in [0.717, 1.165) is 0 Å². The zero-order valence-electron chi connectivity index (χ0n) is 14.4. The SMILES string of the molecule is CCF.CF.FCC(F)(F)F.FCOC(F)(F)CC(F)(F)F.O=S(=O)(O)COF. The average molecular weight is 496 g/mol. The van der Waals surface area contributed by atoms with Crippen molar-refractivity contribution >= 4 is 10.1 Å². The fourth-order valence-electron chi connectivity index (χ4n) is 0.420. The molecule has 0 amide bonds. The van der Waals surface area contributed by atoms with Crippen molar-refractivity contribution < 1.29 is 79.9 Å². The molecule has 0 radical (unpaired) electrons. The van der Waals surface area contributed by atoms with Crippen LogP contribution in [0.3, 0.4) is 0 Å². The Balaban J connectivity index is -0.0000000928. The Labute approximate surface area is 156 Å². The second-order valence-electron chi connectivity index (χ2n) is 3.51. The van der Waals surface area contributed by atoms with Crippen molar-refractivity contribution in [1.29, 1.82) is 0 Å². The van der Waals surface area contributed by atoms with Crippen LogP contribution in [-0.4, -0.2) is 64.8 Å². The van der Waals surface area contributed by atoms with Crippen LogP contribution < -0.4 is 0 Å². The van der Waals surface area contributed by atoms with Crippen molar-refractivity contribution in [3.05, 3.63) is 0 Å². The Morgan fingerprint density at radius 1 is 0.862 bits per heavy atom. The maximum atomic E-state index is 11.7. The van der Waals surface area contributed by atoms with Crippen LogP contribution in [0.5, 0.6) is 0 Å². The Kier molecular flexibility index (Phi) is 26.8. The van der Waals surface area contributed by atoms with Gasteiger partial charge in [0.1, 0.15) is 6.42 Å². The van der Waals surface area contributed by atoms with Gasteiger partial charge >= 0.3 is 18.5 Å². The molecule has 29 heavy (non-hydrogen) atoms. The van der Waals surface area contributed by atoms with E-state index in [2.05, 4.69) is 9.68 Å². The lowest BCUT2D eigenvalue weighted by atomic mass is 10.4. The molecule has 0 aliphatic carbocycles. The molecule has 0 heterocycles. The first-order chi connectivity index (χ1) is 12.8. The van der Waals surface area contributed by atoms with E-state index in [1.165, 1.54) is 6.92 Å². The van der Waals surface area contributed by atoms with E-state index < -0.39 is 54.5 Å². The molecule has 0 saturated heterocycles. The fraction of sp³-hybridized carbons (Fsp3) is 1.00. The van der Waals surface area contributed by atoms with Gasteiger partial charge < -0.3 is 0 Å². The molecule has 0 spiro atoms. The van der Waals surface area contributed by atoms with E-state index in [1.807, 2.05) is 0 Å². The highest BCUT2D eigenvalue weighted by atomic mass is 32.2. The molecule has 0 aliphatic rings. The Bertz CT molecular complexity index is 425. The topological polar surface area (TPSA) is 72.8 Å². The van der Waals surface area contributed by atoms with Gasteiger partial charge in [-0.05, 0) is 11.4 Å². The van der Waals surface area contributed by atoms with Gasteiger partial charge in [-0.3, -0.25) is 18.1 Å². The third kappa shape index (κ3) is 66.0. The molecule has 0 fully saturated rings. The highest BCUT2D eigenvalue weighted by Crippen LogP contribution is 2.32. The van der Waals surface area contributed by atoms with Gasteiger partial charge in [-0.25, -0.2) is 8.78 Å². The molecule has 0 aromatic carbocycles. The van der Waals surface area contributed by atoms with Gasteiger partial charge in [0.15, 0.2) is 13.5 Å². The van der Waals surface area contributed by atoms with Gasteiger partial charge in [-0.15, -0.1) is 0 Å². The Morgan fingerprint density at radius 3 is 1.28 bits per heavy atom. The molecule has 0 aromatic rings. The van der Waals surface area contributed by atoms with Crippen LogP contribution in [-0.2, 0) is 19.8 Å². The molecule has 0 aliphatic heterocycles. The highest BCUT2D eigenvalue weighted by molar-refractivity contribution is 7.85. The number of hydrogen-bond donors (Lipinski definition) is 1. The van der Waals surface area contributed by atoms with Gasteiger partial charge in [0.05, 0.1) is 13.9 Å². The minimum Gasteiger partial charge on any atom is -0.288 e. The summed E-state index contributed by atoms with van der Waals surface area (Å²) < 4.78 is 169. The predicted molar refractivity (Wildman–Crippen MR) is 72.0 cm³/mol. The first-order valence-corrected chi connectivity index (χ1v) is 7.81. The Hall–Kier alpha value is -1.08. The van der Waals surface area contributed by atoms with Crippen LogP contribution in [0.25, 0.3) is 0 Å². The van der Waals surface area contributed by atoms with E-state index in [-0.39, 0.29) is 6.67 Å². The van der Waals surface area contributed by atoms with Crippen LogP contribution in [0.15, 0.2) is 0 Å². The van der Waals surface area contributed by atoms with Crippen molar-refractivity contribution in [2.24, 2.45) is 0 Å². The number of hydrogen-bond acceptors (Lipinski definition) is 4. The Morgan fingerprint density at radius 2 is 1.17 bits per heavy atom. The third-order valence-electron chi connectivity index (χ3n) is 1.02. The molecule has 1 N–H and O–H groups in total. The summed E-state index contributed by atoms with van der Waals surface area (Å²) in [5.74, 6) is -1.30. The van der Waals surface area contributed by atoms with Crippen LogP contribution >= 0.6 is 0 Å². The van der Waals surface area contributed by atoms with Crippen molar-refractivity contribution in [2.45, 2.75) is 31.8 Å². The second kappa shape index (κ2) is 20.2. The first kappa shape index (κ1) is 38.5. The number of halogens is 13. The largest absolute Gasteiger partial charge is 0.416 e. The van der Waals surface area contributed by atoms with E-state index in [4.69, 9.17) is 4.55 Å². The summed E-state index contributed by atoms with van der Waals surface area (Å²) in [5.41, 5.74) is 0. The van der Waals surface area contributed by atoms with Crippen molar-refractivity contribution in [1.82, 2.24) is 0 Å². The summed E-state index contributed by atoms with van der Waals surface area (Å²) in [6.45, 7) is -2.96. The second-order valence-corrected chi connectivity index (χ2v) is 4.91. The van der Waals surface area contributed by atoms with E-state index in [9.17, 15) is 65.6 Å². The van der Waals surface area contributed by atoms with Crippen LogP contribution in [0.2, 0.25) is 0 Å². The molecule has 0 rings (SSSR count). The normalized spacial score (nSPS) is 11.3. The highest BCUT2D eigenvalue weighted by Gasteiger charge is 2.44. The van der Waals surface area contributed by atoms with Gasteiger partial charge in [-0.2, -0.15) is 48.5 Å². The zero-order valence-corrected chi connectivity index (χ0v) is 15.3. The summed E-state index contributed by atoms with van der Waals surface area (Å²) >= 11 is 0. The summed E-state index contributed by atoms with van der Waals surface area (Å²) in [7, 11) is -3.77. The number of rotatable bonds is 5. The fourth-order valence-corrected chi connectivity index (χ4v) is 0.533. The summed E-state index contributed by atoms with van der Waals surface area (Å²) in [6.07, 6.45) is -16.6. The molecule has 0 bridgehead atoms. The first-order valence-electron chi connectivity index (χ1n) is 6.20. The minimum atomic E-state index is -5.06. The molecular formula is C10H17F13O5S. The van der Waals surface area contributed by atoms with Crippen LogP contribution in [0.4, 0.5) is 57.2 Å². The molecular weight excluding hydrogens is 479 g/mol. The van der Waals surface area contributed by atoms with Gasteiger partial charge in [0.2, 0.25) is 5.94 Å². The molecule has 0 saturated carbocycles. The predicted octanol–water partition coefficient (Wildman–Crippen LogP) is 5.29. The third-order valence-corrected chi connectivity index (χ3v) is 1.40. The molecule has 0 aromatic heterocycles. The van der Waals surface area contributed by atoms with Crippen LogP contribution in [0.1, 0.15) is 13.3 Å². The van der Waals surface area contributed by atoms with Crippen molar-refractivity contribution in [3.8, 4) is 0 Å². The quantitative estimate of drug-likeness (QED) is 0.414. The lowest BCUT2D eigenvalue weighted by Gasteiger charge is -2.15. The maximum absolute atomic E-state index is 11.7. The summed E-state index contributed by atoms with van der Waals surface area (Å²) in [4.78, 5) is 2.57. The summed E-state index contributed by atoms with van der Waals surface area (Å²) in [5, 5.41) is 0. The number of ether oxygens (including phenoxy) is 1. The monoisotopic (exact) mass is 496 g/mol. The minimum absolute atomic E-state index is 0.250. The van der Waals surface area contributed by atoms with Crippen molar-refractivity contribution in [3.63, 3.8) is 0 Å². The average Bonchev–Trinajstić information content (AvgIpc) is 2.46. The number of alkyl halides is 12. The molecule has 19 heteroatoms. The molecule has 5 nitrogen and oxygen atoms in total. The van der Waals surface area contributed by atoms with Crippen LogP contribution in [0, 0.1) is 0 Å². The van der Waals surface area contributed by atoms with Gasteiger partial charge in [-0.1, -0.05) is 0 Å². The lowest BCUT2D eigenvalue weighted by Crippen LogP contribution is -2.28. The standard InChI is InChI=1S/C4H4F6O.C2H2F4.C2H5F.CH3FO4S.CH3F/c5-2-11-4(9,10)1-3(6,7)8;3-1-2(4,5)6;1-2-3;2-6-1-7(3,4)5;1-2/h1-2H2;1H2;2H2,1H3;1H2,(H,3,4,5);1H3. The van der Waals surface area contributed by atoms with Gasteiger partial charge in [0, 0.05) is 0 Å². The van der Waals surface area contributed by atoms with E-state index >= 15 is 0 Å². The molecule has 184 valence electrons. The summed E-state index contributed by atoms with van der Waals surface area (Å²) in [6, 6.07) is 0. The zero-order chi connectivity index (χ0) is 24.9. The van der Waals surface area contributed by atoms with E-state index in [1.54, 1.807) is 0 Å². The van der Waals surface area contributed by atoms with E-state index in [0.29, 0.717) is 7.18 Å². The van der Waals surface area contributed by atoms with Crippen molar-refractivity contribution in [2.75, 3.05) is 33.3 Å². The molecule has 0 atom stereocenters. The lowest BCUT2D eigenvalue weighted by molar-refractivity contribution is -0.303. The van der Waals surface area contributed by atoms with Gasteiger partial charge in [0.25, 0.3) is 10.1 Å².